The fourth-order valence-corrected chi connectivity index (χ4v) is 2.76. The number of hydrogen-bond donors (Lipinski definition) is 1. The first-order valence-electron chi connectivity index (χ1n) is 8.80. The number of nitrogens with zero attached hydrogens (tertiary/aromatic N) is 1. The lowest BCUT2D eigenvalue weighted by Crippen LogP contribution is -2.39. The molecule has 2 amide bonds. The number of ether oxygens (including phenoxy) is 1. The van der Waals surface area contributed by atoms with Gasteiger partial charge < -0.3 is 15.0 Å². The van der Waals surface area contributed by atoms with Crippen LogP contribution in [0, 0.1) is 6.92 Å². The molecule has 0 fully saturated rings. The molecule has 0 saturated carbocycles. The summed E-state index contributed by atoms with van der Waals surface area (Å²) in [5.74, 6) is 0.402. The fraction of sp³-hybridized carbons (Fsp3) is 0.333. The van der Waals surface area contributed by atoms with Crippen molar-refractivity contribution in [3.05, 3.63) is 59.7 Å². The van der Waals surface area contributed by atoms with Gasteiger partial charge in [0.1, 0.15) is 5.75 Å². The summed E-state index contributed by atoms with van der Waals surface area (Å²) < 4.78 is 5.31. The third kappa shape index (κ3) is 5.34. The zero-order valence-electron chi connectivity index (χ0n) is 15.6. The SMILES string of the molecule is CCCN(CC(=O)Nc1ccccc1C)C(=O)Cc1ccccc1OC. The lowest BCUT2D eigenvalue weighted by molar-refractivity contribution is -0.134. The summed E-state index contributed by atoms with van der Waals surface area (Å²) in [5, 5.41) is 2.88. The molecular weight excluding hydrogens is 328 g/mol. The molecule has 0 atom stereocenters. The van der Waals surface area contributed by atoms with Crippen LogP contribution in [0.1, 0.15) is 24.5 Å². The molecule has 2 aromatic carbocycles. The molecule has 2 aromatic rings. The van der Waals surface area contributed by atoms with E-state index in [9.17, 15) is 9.59 Å². The minimum absolute atomic E-state index is 0.0379. The first-order chi connectivity index (χ1) is 12.5. The summed E-state index contributed by atoms with van der Waals surface area (Å²) in [6, 6.07) is 15.0. The van der Waals surface area contributed by atoms with Gasteiger partial charge in [0, 0.05) is 17.8 Å². The number of nitrogens with one attached hydrogen (secondary N) is 1. The summed E-state index contributed by atoms with van der Waals surface area (Å²) in [5.41, 5.74) is 2.58. The minimum atomic E-state index is -0.193. The van der Waals surface area contributed by atoms with Gasteiger partial charge in [-0.25, -0.2) is 0 Å². The predicted octanol–water partition coefficient (Wildman–Crippen LogP) is 3.42. The van der Waals surface area contributed by atoms with Crippen LogP contribution in [0.3, 0.4) is 0 Å². The Kier molecular flexibility index (Phi) is 7.21. The highest BCUT2D eigenvalue weighted by atomic mass is 16.5. The van der Waals surface area contributed by atoms with Crippen LogP contribution in [0.5, 0.6) is 5.75 Å². The summed E-state index contributed by atoms with van der Waals surface area (Å²) >= 11 is 0. The zero-order valence-corrected chi connectivity index (χ0v) is 15.6. The second-order valence-corrected chi connectivity index (χ2v) is 6.17. The van der Waals surface area contributed by atoms with Crippen LogP contribution in [0.4, 0.5) is 5.69 Å². The Balaban J connectivity index is 2.04. The number of methoxy groups -OCH3 is 1. The molecule has 2 rings (SSSR count). The summed E-state index contributed by atoms with van der Waals surface area (Å²) in [7, 11) is 1.59. The van der Waals surface area contributed by atoms with E-state index in [0.717, 1.165) is 23.2 Å². The molecule has 0 aliphatic heterocycles. The van der Waals surface area contributed by atoms with E-state index in [1.807, 2.05) is 62.4 Å². The monoisotopic (exact) mass is 354 g/mol. The Bertz CT molecular complexity index is 758. The first kappa shape index (κ1) is 19.5. The molecule has 138 valence electrons. The molecule has 0 spiro atoms. The molecule has 5 nitrogen and oxygen atoms in total. The van der Waals surface area contributed by atoms with Crippen LogP contribution < -0.4 is 10.1 Å². The second-order valence-electron chi connectivity index (χ2n) is 6.17. The van der Waals surface area contributed by atoms with E-state index in [1.54, 1.807) is 12.0 Å². The quantitative estimate of drug-likeness (QED) is 0.790. The molecule has 26 heavy (non-hydrogen) atoms. The second kappa shape index (κ2) is 9.61. The minimum Gasteiger partial charge on any atom is -0.496 e. The van der Waals surface area contributed by atoms with Gasteiger partial charge in [-0.1, -0.05) is 43.3 Å². The maximum absolute atomic E-state index is 12.7. The number of benzene rings is 2. The molecular formula is C21H26N2O3. The summed E-state index contributed by atoms with van der Waals surface area (Å²) in [6.07, 6.45) is 0.997. The third-order valence-corrected chi connectivity index (χ3v) is 4.13. The lowest BCUT2D eigenvalue weighted by atomic mass is 10.1. The van der Waals surface area contributed by atoms with Crippen molar-refractivity contribution >= 4 is 17.5 Å². The van der Waals surface area contributed by atoms with E-state index < -0.39 is 0 Å². The number of amides is 2. The van der Waals surface area contributed by atoms with Crippen LogP contribution in [-0.4, -0.2) is 36.9 Å². The van der Waals surface area contributed by atoms with E-state index in [0.29, 0.717) is 12.3 Å². The van der Waals surface area contributed by atoms with Crippen LogP contribution >= 0.6 is 0 Å². The van der Waals surface area contributed by atoms with Gasteiger partial charge in [-0.2, -0.15) is 0 Å². The van der Waals surface area contributed by atoms with Crippen molar-refractivity contribution < 1.29 is 14.3 Å². The first-order valence-corrected chi connectivity index (χ1v) is 8.80. The molecule has 5 heteroatoms. The smallest absolute Gasteiger partial charge is 0.244 e. The van der Waals surface area contributed by atoms with Crippen molar-refractivity contribution in [1.29, 1.82) is 0 Å². The Labute approximate surface area is 155 Å². The van der Waals surface area contributed by atoms with E-state index in [2.05, 4.69) is 5.32 Å². The van der Waals surface area contributed by atoms with Gasteiger partial charge >= 0.3 is 0 Å². The standard InChI is InChI=1S/C21H26N2O3/c1-4-13-23(15-20(24)22-18-11-7-5-9-16(18)2)21(25)14-17-10-6-8-12-19(17)26-3/h5-12H,4,13-15H2,1-3H3,(H,22,24). The van der Waals surface area contributed by atoms with Gasteiger partial charge in [-0.3, -0.25) is 9.59 Å². The number of rotatable bonds is 8. The molecule has 0 aliphatic rings. The number of anilines is 1. The number of carbonyl (C=O) groups excluding carboxylic acids is 2. The third-order valence-electron chi connectivity index (χ3n) is 4.13. The van der Waals surface area contributed by atoms with Crippen LogP contribution in [-0.2, 0) is 16.0 Å². The summed E-state index contributed by atoms with van der Waals surface area (Å²) in [6.45, 7) is 4.50. The van der Waals surface area contributed by atoms with E-state index in [-0.39, 0.29) is 24.8 Å². The number of para-hydroxylation sites is 2. The average Bonchev–Trinajstić information content (AvgIpc) is 2.63. The highest BCUT2D eigenvalue weighted by molar-refractivity contribution is 5.95. The predicted molar refractivity (Wildman–Crippen MR) is 103 cm³/mol. The van der Waals surface area contributed by atoms with Crippen molar-refractivity contribution in [2.24, 2.45) is 0 Å². The van der Waals surface area contributed by atoms with Crippen molar-refractivity contribution in [2.45, 2.75) is 26.7 Å². The van der Waals surface area contributed by atoms with Crippen molar-refractivity contribution in [3.63, 3.8) is 0 Å². The van der Waals surface area contributed by atoms with Crippen molar-refractivity contribution in [2.75, 3.05) is 25.5 Å². The van der Waals surface area contributed by atoms with Gasteiger partial charge in [-0.15, -0.1) is 0 Å². The number of hydrogen-bond acceptors (Lipinski definition) is 3. The molecule has 0 radical (unpaired) electrons. The van der Waals surface area contributed by atoms with E-state index in [4.69, 9.17) is 4.74 Å². The molecule has 0 bridgehead atoms. The van der Waals surface area contributed by atoms with Crippen LogP contribution in [0.15, 0.2) is 48.5 Å². The van der Waals surface area contributed by atoms with Gasteiger partial charge in [0.2, 0.25) is 11.8 Å². The highest BCUT2D eigenvalue weighted by Gasteiger charge is 2.18. The Morgan fingerprint density at radius 2 is 1.77 bits per heavy atom. The van der Waals surface area contributed by atoms with Crippen molar-refractivity contribution in [1.82, 2.24) is 4.90 Å². The molecule has 0 unspecified atom stereocenters. The Hall–Kier alpha value is -2.82. The number of aryl methyl sites for hydroxylation is 1. The molecule has 0 heterocycles. The molecule has 0 saturated heterocycles. The average molecular weight is 354 g/mol. The normalized spacial score (nSPS) is 10.3. The zero-order chi connectivity index (χ0) is 18.9. The molecule has 0 aromatic heterocycles. The van der Waals surface area contributed by atoms with Gasteiger partial charge in [0.05, 0.1) is 20.1 Å². The van der Waals surface area contributed by atoms with Gasteiger partial charge in [0.15, 0.2) is 0 Å². The number of carbonyl (C=O) groups is 2. The Morgan fingerprint density at radius 3 is 2.46 bits per heavy atom. The lowest BCUT2D eigenvalue weighted by Gasteiger charge is -2.22. The topological polar surface area (TPSA) is 58.6 Å². The van der Waals surface area contributed by atoms with Crippen molar-refractivity contribution in [3.8, 4) is 5.75 Å². The van der Waals surface area contributed by atoms with Gasteiger partial charge in [0.25, 0.3) is 0 Å². The fourth-order valence-electron chi connectivity index (χ4n) is 2.76. The maximum Gasteiger partial charge on any atom is 0.244 e. The Morgan fingerprint density at radius 1 is 1.08 bits per heavy atom. The van der Waals surface area contributed by atoms with E-state index in [1.165, 1.54) is 0 Å². The van der Waals surface area contributed by atoms with Gasteiger partial charge in [-0.05, 0) is 31.0 Å². The van der Waals surface area contributed by atoms with Crippen LogP contribution in [0.2, 0.25) is 0 Å². The largest absolute Gasteiger partial charge is 0.496 e. The summed E-state index contributed by atoms with van der Waals surface area (Å²) in [4.78, 5) is 26.7. The molecule has 0 aliphatic carbocycles. The van der Waals surface area contributed by atoms with Crippen LogP contribution in [0.25, 0.3) is 0 Å². The van der Waals surface area contributed by atoms with E-state index >= 15 is 0 Å². The highest BCUT2D eigenvalue weighted by Crippen LogP contribution is 2.19. The maximum atomic E-state index is 12.7. The molecule has 1 N–H and O–H groups in total.